The Morgan fingerprint density at radius 2 is 1.82 bits per heavy atom. The van der Waals surface area contributed by atoms with E-state index in [4.69, 9.17) is 4.74 Å². The van der Waals surface area contributed by atoms with Crippen molar-refractivity contribution in [3.63, 3.8) is 0 Å². The van der Waals surface area contributed by atoms with E-state index in [0.29, 0.717) is 18.3 Å². The van der Waals surface area contributed by atoms with E-state index in [1.165, 1.54) is 5.56 Å². The molecule has 7 heteroatoms. The molecule has 39 heavy (non-hydrogen) atoms. The van der Waals surface area contributed by atoms with Gasteiger partial charge in [-0.25, -0.2) is 4.79 Å². The van der Waals surface area contributed by atoms with Crippen molar-refractivity contribution in [1.29, 1.82) is 0 Å². The highest BCUT2D eigenvalue weighted by atomic mass is 16.5. The molecule has 1 aliphatic carbocycles. The largest absolute Gasteiger partial charge is 0.445 e. The maximum absolute atomic E-state index is 13.3. The molecule has 0 unspecified atom stereocenters. The number of hydrogen-bond acceptors (Lipinski definition) is 5. The Morgan fingerprint density at radius 1 is 1.08 bits per heavy atom. The topological polar surface area (TPSA) is 86.1 Å². The number of benzene rings is 2. The third kappa shape index (κ3) is 8.50. The van der Waals surface area contributed by atoms with Crippen LogP contribution >= 0.6 is 0 Å². The molecule has 7 nitrogen and oxygen atoms in total. The molecule has 0 bridgehead atoms. The van der Waals surface area contributed by atoms with Gasteiger partial charge in [-0.1, -0.05) is 74.9 Å². The molecule has 1 saturated carbocycles. The highest BCUT2D eigenvalue weighted by Crippen LogP contribution is 2.39. The van der Waals surface area contributed by atoms with Crippen LogP contribution in [0.5, 0.6) is 0 Å². The van der Waals surface area contributed by atoms with Crippen LogP contribution in [0, 0.1) is 19.3 Å². The molecular weight excluding hydrogens is 488 g/mol. The summed E-state index contributed by atoms with van der Waals surface area (Å²) in [4.78, 5) is 26.2. The summed E-state index contributed by atoms with van der Waals surface area (Å²) in [6.45, 7) is 11.0. The van der Waals surface area contributed by atoms with E-state index in [0.717, 1.165) is 54.6 Å². The monoisotopic (exact) mass is 530 g/mol. The molecular formula is C32H42N4O3. The van der Waals surface area contributed by atoms with Crippen molar-refractivity contribution in [3.8, 4) is 0 Å². The van der Waals surface area contributed by atoms with Crippen LogP contribution in [0.1, 0.15) is 98.9 Å². The number of nitrogens with zero attached hydrogens (tertiary/aromatic N) is 3. The van der Waals surface area contributed by atoms with Gasteiger partial charge >= 0.3 is 6.09 Å². The summed E-state index contributed by atoms with van der Waals surface area (Å²) in [6, 6.07) is 15.4. The lowest BCUT2D eigenvalue weighted by Gasteiger charge is -2.20. The standard InChI is InChI=1S/C32H42N4O3/c1-22-13-14-25(23(2)18-22)19-27(37)20-28(33-31(38)39-21-24-10-7-6-8-11-24)30-35-34-29(36(30)26-15-16-26)12-9-17-32(3,4)5/h6-8,10-11,13-14,18,26,28H,9,12,15-17,19-21H2,1-5H3,(H,33,38)/t28-/m0/s1. The van der Waals surface area contributed by atoms with E-state index in [9.17, 15) is 9.59 Å². The van der Waals surface area contributed by atoms with Crippen molar-refractivity contribution in [2.45, 2.75) is 98.3 Å². The Kier molecular flexibility index (Phi) is 9.20. The number of Topliss-reactive ketones (excluding diaryl/α,β-unsaturated/α-hetero) is 1. The second kappa shape index (κ2) is 12.6. The van der Waals surface area contributed by atoms with Crippen LogP contribution in [-0.2, 0) is 29.0 Å². The molecule has 0 aliphatic heterocycles. The van der Waals surface area contributed by atoms with Gasteiger partial charge in [0.15, 0.2) is 5.82 Å². The zero-order chi connectivity index (χ0) is 28.0. The Bertz CT molecular complexity index is 1270. The summed E-state index contributed by atoms with van der Waals surface area (Å²) in [5.74, 6) is 1.62. The van der Waals surface area contributed by atoms with Crippen LogP contribution in [0.25, 0.3) is 0 Å². The van der Waals surface area contributed by atoms with Crippen molar-refractivity contribution in [3.05, 3.63) is 82.4 Å². The highest BCUT2D eigenvalue weighted by Gasteiger charge is 2.34. The number of amides is 1. The van der Waals surface area contributed by atoms with Gasteiger partial charge in [0.2, 0.25) is 0 Å². The Balaban J connectivity index is 1.52. The minimum atomic E-state index is -0.615. The van der Waals surface area contributed by atoms with Gasteiger partial charge in [0, 0.05) is 25.3 Å². The molecule has 1 aliphatic rings. The van der Waals surface area contributed by atoms with Crippen LogP contribution in [0.2, 0.25) is 0 Å². The van der Waals surface area contributed by atoms with Crippen molar-refractivity contribution < 1.29 is 14.3 Å². The molecule has 0 spiro atoms. The van der Waals surface area contributed by atoms with Crippen LogP contribution < -0.4 is 5.32 Å². The van der Waals surface area contributed by atoms with Gasteiger partial charge in [0.1, 0.15) is 18.2 Å². The number of aromatic nitrogens is 3. The average Bonchev–Trinajstić information content (AvgIpc) is 3.63. The van der Waals surface area contributed by atoms with Crippen molar-refractivity contribution in [2.24, 2.45) is 5.41 Å². The lowest BCUT2D eigenvalue weighted by Crippen LogP contribution is -2.33. The smallest absolute Gasteiger partial charge is 0.408 e. The van der Waals surface area contributed by atoms with E-state index in [1.54, 1.807) is 0 Å². The average molecular weight is 531 g/mol. The number of alkyl carbamates (subject to hydrolysis) is 1. The molecule has 0 saturated heterocycles. The maximum atomic E-state index is 13.3. The second-order valence-corrected chi connectivity index (χ2v) is 12.1. The molecule has 1 heterocycles. The lowest BCUT2D eigenvalue weighted by atomic mass is 9.90. The fourth-order valence-corrected chi connectivity index (χ4v) is 4.92. The summed E-state index contributed by atoms with van der Waals surface area (Å²) in [5, 5.41) is 12.0. The molecule has 3 aromatic rings. The van der Waals surface area contributed by atoms with Crippen molar-refractivity contribution >= 4 is 11.9 Å². The number of rotatable bonds is 12. The van der Waals surface area contributed by atoms with Gasteiger partial charge in [-0.2, -0.15) is 0 Å². The molecule has 4 rings (SSSR count). The Morgan fingerprint density at radius 3 is 2.49 bits per heavy atom. The number of hydrogen-bond donors (Lipinski definition) is 1. The van der Waals surface area contributed by atoms with Crippen LogP contribution in [0.4, 0.5) is 4.79 Å². The number of aryl methyl sites for hydroxylation is 3. The first-order valence-corrected chi connectivity index (χ1v) is 14.1. The zero-order valence-corrected chi connectivity index (χ0v) is 24.0. The van der Waals surface area contributed by atoms with Crippen molar-refractivity contribution in [1.82, 2.24) is 20.1 Å². The summed E-state index contributed by atoms with van der Waals surface area (Å²) in [5.41, 5.74) is 4.42. The second-order valence-electron chi connectivity index (χ2n) is 12.1. The van der Waals surface area contributed by atoms with Crippen molar-refractivity contribution in [2.75, 3.05) is 0 Å². The third-order valence-electron chi connectivity index (χ3n) is 7.17. The molecule has 2 aromatic carbocycles. The first kappa shape index (κ1) is 28.5. The normalized spacial score (nSPS) is 14.2. The predicted octanol–water partition coefficient (Wildman–Crippen LogP) is 6.77. The summed E-state index contributed by atoms with van der Waals surface area (Å²) in [7, 11) is 0. The quantitative estimate of drug-likeness (QED) is 0.279. The van der Waals surface area contributed by atoms with E-state index in [2.05, 4.69) is 46.9 Å². The number of carbonyl (C=O) groups excluding carboxylic acids is 2. The minimum Gasteiger partial charge on any atom is -0.445 e. The SMILES string of the molecule is Cc1ccc(CC(=O)C[C@H](NC(=O)OCc2ccccc2)c2nnc(CCCC(C)(C)C)n2C2CC2)c(C)c1. The van der Waals surface area contributed by atoms with E-state index < -0.39 is 12.1 Å². The van der Waals surface area contributed by atoms with Gasteiger partial charge in [-0.3, -0.25) is 4.79 Å². The number of ether oxygens (including phenoxy) is 1. The van der Waals surface area contributed by atoms with Gasteiger partial charge in [-0.05, 0) is 61.6 Å². The predicted molar refractivity (Wildman–Crippen MR) is 152 cm³/mol. The molecule has 208 valence electrons. The zero-order valence-electron chi connectivity index (χ0n) is 24.0. The molecule has 0 radical (unpaired) electrons. The maximum Gasteiger partial charge on any atom is 0.408 e. The Hall–Kier alpha value is -3.48. The number of carbonyl (C=O) groups is 2. The van der Waals surface area contributed by atoms with E-state index in [-0.39, 0.29) is 24.2 Å². The van der Waals surface area contributed by atoms with E-state index in [1.807, 2.05) is 56.3 Å². The summed E-state index contributed by atoms with van der Waals surface area (Å²) in [6.07, 6.45) is 4.89. The van der Waals surface area contributed by atoms with Crippen LogP contribution in [-0.4, -0.2) is 26.6 Å². The van der Waals surface area contributed by atoms with Gasteiger partial charge < -0.3 is 14.6 Å². The first-order chi connectivity index (χ1) is 18.6. The molecule has 1 fully saturated rings. The minimum absolute atomic E-state index is 0.0370. The van der Waals surface area contributed by atoms with Gasteiger partial charge in [0.25, 0.3) is 0 Å². The molecule has 1 amide bonds. The molecule has 1 aromatic heterocycles. The highest BCUT2D eigenvalue weighted by molar-refractivity contribution is 5.82. The fourth-order valence-electron chi connectivity index (χ4n) is 4.92. The number of ketones is 1. The fraction of sp³-hybridized carbons (Fsp3) is 0.500. The first-order valence-electron chi connectivity index (χ1n) is 14.1. The third-order valence-corrected chi connectivity index (χ3v) is 7.17. The van der Waals surface area contributed by atoms with Crippen LogP contribution in [0.3, 0.4) is 0 Å². The number of nitrogens with one attached hydrogen (secondary N) is 1. The molecule has 1 N–H and O–H groups in total. The summed E-state index contributed by atoms with van der Waals surface area (Å²) >= 11 is 0. The summed E-state index contributed by atoms with van der Waals surface area (Å²) < 4.78 is 7.69. The van der Waals surface area contributed by atoms with Gasteiger partial charge in [0.05, 0.1) is 6.04 Å². The van der Waals surface area contributed by atoms with Gasteiger partial charge in [-0.15, -0.1) is 10.2 Å². The molecule has 1 atom stereocenters. The lowest BCUT2D eigenvalue weighted by molar-refractivity contribution is -0.119. The van der Waals surface area contributed by atoms with Crippen LogP contribution in [0.15, 0.2) is 48.5 Å². The Labute approximate surface area is 232 Å². The van der Waals surface area contributed by atoms with E-state index >= 15 is 0 Å².